The summed E-state index contributed by atoms with van der Waals surface area (Å²) in [6.07, 6.45) is 3.26. The van der Waals surface area contributed by atoms with Crippen molar-refractivity contribution in [1.82, 2.24) is 4.98 Å². The van der Waals surface area contributed by atoms with E-state index in [4.69, 9.17) is 22.5 Å². The van der Waals surface area contributed by atoms with E-state index in [0.717, 1.165) is 11.4 Å². The Kier molecular flexibility index (Phi) is 3.87. The molecule has 0 aliphatic heterocycles. The van der Waals surface area contributed by atoms with E-state index in [0.29, 0.717) is 10.6 Å². The third-order valence-electron chi connectivity index (χ3n) is 2.75. The Morgan fingerprint density at radius 2 is 2.21 bits per heavy atom. The molecule has 1 aromatic carbocycles. The number of anilines is 2. The smallest absolute Gasteiger partial charge is 0.170 e. The molecule has 1 heterocycles. The number of pyridine rings is 1. The molecule has 98 valence electrons. The van der Waals surface area contributed by atoms with E-state index in [1.165, 1.54) is 0 Å². The third kappa shape index (κ3) is 2.77. The summed E-state index contributed by atoms with van der Waals surface area (Å²) < 4.78 is 0. The molecule has 0 fully saturated rings. The van der Waals surface area contributed by atoms with E-state index in [2.05, 4.69) is 10.1 Å². The summed E-state index contributed by atoms with van der Waals surface area (Å²) in [6.45, 7) is 0. The summed E-state index contributed by atoms with van der Waals surface area (Å²) in [6, 6.07) is 9.13. The number of benzene rings is 1. The van der Waals surface area contributed by atoms with Gasteiger partial charge in [-0.25, -0.2) is 0 Å². The van der Waals surface area contributed by atoms with E-state index in [1.54, 1.807) is 18.5 Å². The Labute approximate surface area is 115 Å². The van der Waals surface area contributed by atoms with Crippen LogP contribution in [0.3, 0.4) is 0 Å². The first kappa shape index (κ1) is 13.2. The Morgan fingerprint density at radius 3 is 2.89 bits per heavy atom. The molecule has 3 N–H and O–H groups in total. The summed E-state index contributed by atoms with van der Waals surface area (Å²) in [4.78, 5) is 5.85. The average molecular weight is 277 g/mol. The first-order valence-corrected chi connectivity index (χ1v) is 5.92. The number of amidine groups is 1. The second kappa shape index (κ2) is 5.58. The number of nitrogens with two attached hydrogens (primary N) is 1. The van der Waals surface area contributed by atoms with E-state index in [9.17, 15) is 0 Å². The van der Waals surface area contributed by atoms with Crippen molar-refractivity contribution >= 4 is 28.8 Å². The van der Waals surface area contributed by atoms with Crippen LogP contribution in [0.15, 0.2) is 47.9 Å². The standard InChI is InChI=1S/C13H13ClN4O/c1-18(12-5-6-16-8-11(12)14)10-4-2-3-9(7-10)13(15)17-19/h2-8,19H,1H3,(H2,15,17). The number of rotatable bonds is 3. The normalized spacial score (nSPS) is 11.4. The van der Waals surface area contributed by atoms with Gasteiger partial charge in [-0.05, 0) is 18.2 Å². The fraction of sp³-hybridized carbons (Fsp3) is 0.0769. The molecule has 0 bridgehead atoms. The van der Waals surface area contributed by atoms with Gasteiger partial charge in [0.05, 0.1) is 10.7 Å². The minimum absolute atomic E-state index is 0.0658. The maximum atomic E-state index is 8.70. The highest BCUT2D eigenvalue weighted by molar-refractivity contribution is 6.33. The van der Waals surface area contributed by atoms with Gasteiger partial charge in [0.1, 0.15) is 0 Å². The van der Waals surface area contributed by atoms with Gasteiger partial charge in [-0.1, -0.05) is 28.9 Å². The second-order valence-electron chi connectivity index (χ2n) is 3.92. The molecule has 2 aromatic rings. The molecule has 2 rings (SSSR count). The van der Waals surface area contributed by atoms with Gasteiger partial charge in [-0.2, -0.15) is 0 Å². The van der Waals surface area contributed by atoms with E-state index in [1.807, 2.05) is 36.2 Å². The lowest BCUT2D eigenvalue weighted by Crippen LogP contribution is -2.15. The van der Waals surface area contributed by atoms with E-state index in [-0.39, 0.29) is 5.84 Å². The zero-order valence-corrected chi connectivity index (χ0v) is 11.0. The van der Waals surface area contributed by atoms with Gasteiger partial charge in [-0.15, -0.1) is 0 Å². The highest BCUT2D eigenvalue weighted by Gasteiger charge is 2.09. The SMILES string of the molecule is CN(c1cccc(C(N)=NO)c1)c1ccncc1Cl. The van der Waals surface area contributed by atoms with Crippen LogP contribution < -0.4 is 10.6 Å². The molecule has 0 saturated heterocycles. The van der Waals surface area contributed by atoms with Crippen LogP contribution in [0, 0.1) is 0 Å². The molecule has 0 radical (unpaired) electrons. The molecule has 0 spiro atoms. The minimum atomic E-state index is 0.0658. The largest absolute Gasteiger partial charge is 0.409 e. The molecule has 0 unspecified atom stereocenters. The molecule has 0 aliphatic rings. The second-order valence-corrected chi connectivity index (χ2v) is 4.33. The maximum Gasteiger partial charge on any atom is 0.170 e. The van der Waals surface area contributed by atoms with E-state index >= 15 is 0 Å². The number of oxime groups is 1. The van der Waals surface area contributed by atoms with Crippen LogP contribution in [0.4, 0.5) is 11.4 Å². The predicted octanol–water partition coefficient (Wildman–Crippen LogP) is 2.60. The molecule has 0 amide bonds. The summed E-state index contributed by atoms with van der Waals surface area (Å²) in [5, 5.41) is 12.2. The number of halogens is 1. The summed E-state index contributed by atoms with van der Waals surface area (Å²) in [7, 11) is 1.88. The Morgan fingerprint density at radius 1 is 1.42 bits per heavy atom. The molecule has 6 heteroatoms. The van der Waals surface area contributed by atoms with Crippen LogP contribution in [0.2, 0.25) is 5.02 Å². The maximum absolute atomic E-state index is 8.70. The summed E-state index contributed by atoms with van der Waals surface area (Å²) >= 11 is 6.11. The zero-order chi connectivity index (χ0) is 13.8. The van der Waals surface area contributed by atoms with Crippen molar-refractivity contribution in [3.63, 3.8) is 0 Å². The predicted molar refractivity (Wildman–Crippen MR) is 76.3 cm³/mol. The number of hydrogen-bond donors (Lipinski definition) is 2. The highest BCUT2D eigenvalue weighted by Crippen LogP contribution is 2.29. The number of nitrogens with zero attached hydrogens (tertiary/aromatic N) is 3. The van der Waals surface area contributed by atoms with Crippen molar-refractivity contribution in [1.29, 1.82) is 0 Å². The van der Waals surface area contributed by atoms with Gasteiger partial charge in [0.15, 0.2) is 5.84 Å². The topological polar surface area (TPSA) is 74.7 Å². The molecule has 0 atom stereocenters. The zero-order valence-electron chi connectivity index (χ0n) is 10.3. The van der Waals surface area contributed by atoms with Crippen LogP contribution >= 0.6 is 11.6 Å². The molecule has 5 nitrogen and oxygen atoms in total. The van der Waals surface area contributed by atoms with Gasteiger partial charge in [0.25, 0.3) is 0 Å². The Bertz CT molecular complexity index is 615. The first-order valence-electron chi connectivity index (χ1n) is 5.54. The monoisotopic (exact) mass is 276 g/mol. The van der Waals surface area contributed by atoms with Gasteiger partial charge < -0.3 is 15.8 Å². The average Bonchev–Trinajstić information content (AvgIpc) is 2.46. The van der Waals surface area contributed by atoms with Gasteiger partial charge in [-0.3, -0.25) is 4.98 Å². The van der Waals surface area contributed by atoms with Crippen molar-refractivity contribution in [2.45, 2.75) is 0 Å². The van der Waals surface area contributed by atoms with Crippen molar-refractivity contribution in [2.24, 2.45) is 10.9 Å². The van der Waals surface area contributed by atoms with Gasteiger partial charge >= 0.3 is 0 Å². The molecule has 0 aliphatic carbocycles. The first-order chi connectivity index (χ1) is 9.13. The van der Waals surface area contributed by atoms with Crippen LogP contribution in [0.1, 0.15) is 5.56 Å². The van der Waals surface area contributed by atoms with Crippen molar-refractivity contribution in [3.05, 3.63) is 53.3 Å². The number of hydrogen-bond acceptors (Lipinski definition) is 4. The van der Waals surface area contributed by atoms with Crippen LogP contribution in [-0.4, -0.2) is 23.1 Å². The Hall–Kier alpha value is -2.27. The summed E-state index contributed by atoms with van der Waals surface area (Å²) in [5.41, 5.74) is 7.91. The van der Waals surface area contributed by atoms with Crippen LogP contribution in [0.5, 0.6) is 0 Å². The third-order valence-corrected chi connectivity index (χ3v) is 3.04. The lowest BCUT2D eigenvalue weighted by Gasteiger charge is -2.21. The Balaban J connectivity index is 2.40. The van der Waals surface area contributed by atoms with Crippen molar-refractivity contribution < 1.29 is 5.21 Å². The van der Waals surface area contributed by atoms with Gasteiger partial charge in [0, 0.05) is 30.7 Å². The van der Waals surface area contributed by atoms with Gasteiger partial charge in [0.2, 0.25) is 0 Å². The fourth-order valence-electron chi connectivity index (χ4n) is 1.71. The van der Waals surface area contributed by atoms with Crippen LogP contribution in [0.25, 0.3) is 0 Å². The lowest BCUT2D eigenvalue weighted by molar-refractivity contribution is 0.318. The molecular weight excluding hydrogens is 264 g/mol. The van der Waals surface area contributed by atoms with Crippen molar-refractivity contribution in [2.75, 3.05) is 11.9 Å². The highest BCUT2D eigenvalue weighted by atomic mass is 35.5. The minimum Gasteiger partial charge on any atom is -0.409 e. The molecule has 19 heavy (non-hydrogen) atoms. The lowest BCUT2D eigenvalue weighted by atomic mass is 10.1. The van der Waals surface area contributed by atoms with E-state index < -0.39 is 0 Å². The number of aromatic nitrogens is 1. The summed E-state index contributed by atoms with van der Waals surface area (Å²) in [5.74, 6) is 0.0658. The van der Waals surface area contributed by atoms with Crippen LogP contribution in [-0.2, 0) is 0 Å². The molecule has 0 saturated carbocycles. The van der Waals surface area contributed by atoms with Crippen molar-refractivity contribution in [3.8, 4) is 0 Å². The molecular formula is C13H13ClN4O. The quantitative estimate of drug-likeness (QED) is 0.391. The fourth-order valence-corrected chi connectivity index (χ4v) is 1.96. The molecule has 1 aromatic heterocycles.